The molecule has 2 rings (SSSR count). The third-order valence-corrected chi connectivity index (χ3v) is 4.63. The van der Waals surface area contributed by atoms with Crippen LogP contribution in [0.25, 0.3) is 0 Å². The number of hydrogen-bond donors (Lipinski definition) is 3. The monoisotopic (exact) mass is 281 g/mol. The topological polar surface area (TPSA) is 75.9 Å². The number of anilines is 2. The second-order valence-corrected chi connectivity index (χ2v) is 6.46. The van der Waals surface area contributed by atoms with Gasteiger partial charge in [-0.2, -0.15) is 11.8 Å². The summed E-state index contributed by atoms with van der Waals surface area (Å²) >= 11 is 2.03. The summed E-state index contributed by atoms with van der Waals surface area (Å²) in [6, 6.07) is 0. The maximum atomic E-state index is 5.54. The summed E-state index contributed by atoms with van der Waals surface area (Å²) in [5.41, 5.74) is 3.65. The van der Waals surface area contributed by atoms with Crippen LogP contribution < -0.4 is 16.6 Å². The van der Waals surface area contributed by atoms with E-state index in [1.54, 1.807) is 0 Å². The van der Waals surface area contributed by atoms with Gasteiger partial charge in [-0.05, 0) is 30.8 Å². The Morgan fingerprint density at radius 2 is 2.11 bits per heavy atom. The minimum absolute atomic E-state index is 0.287. The summed E-state index contributed by atoms with van der Waals surface area (Å²) in [5, 5.41) is 3.46. The molecule has 0 aromatic carbocycles. The van der Waals surface area contributed by atoms with Gasteiger partial charge in [0.15, 0.2) is 0 Å². The van der Waals surface area contributed by atoms with E-state index in [-0.39, 0.29) is 5.92 Å². The van der Waals surface area contributed by atoms with Gasteiger partial charge in [0.25, 0.3) is 0 Å². The number of nitrogens with zero attached hydrogens (tertiary/aromatic N) is 2. The molecule has 106 valence electrons. The van der Waals surface area contributed by atoms with Gasteiger partial charge in [-0.25, -0.2) is 15.8 Å². The van der Waals surface area contributed by atoms with Crippen LogP contribution in [0.2, 0.25) is 0 Å². The van der Waals surface area contributed by atoms with Gasteiger partial charge in [-0.3, -0.25) is 0 Å². The molecule has 0 spiro atoms. The molecule has 1 atom stereocenters. The number of aromatic nitrogens is 2. The zero-order valence-electron chi connectivity index (χ0n) is 11.9. The molecule has 0 aliphatic carbocycles. The molecule has 1 aromatic rings. The molecule has 1 aliphatic heterocycles. The molecule has 1 unspecified atom stereocenters. The quantitative estimate of drug-likeness (QED) is 0.568. The minimum atomic E-state index is 0.287. The van der Waals surface area contributed by atoms with E-state index in [2.05, 4.69) is 34.6 Å². The molecule has 0 radical (unpaired) electrons. The molecule has 4 N–H and O–H groups in total. The van der Waals surface area contributed by atoms with E-state index in [0.717, 1.165) is 29.7 Å². The highest BCUT2D eigenvalue weighted by Crippen LogP contribution is 2.26. The molecule has 0 saturated carbocycles. The van der Waals surface area contributed by atoms with Gasteiger partial charge in [0.2, 0.25) is 0 Å². The van der Waals surface area contributed by atoms with Crippen LogP contribution in [-0.2, 0) is 0 Å². The van der Waals surface area contributed by atoms with Crippen molar-refractivity contribution in [2.24, 2.45) is 11.8 Å². The molecule has 0 bridgehead atoms. The third kappa shape index (κ3) is 3.51. The molecule has 0 amide bonds. The van der Waals surface area contributed by atoms with E-state index in [1.165, 1.54) is 17.9 Å². The number of hydrazine groups is 1. The molecule has 2 heterocycles. The number of nitrogens with two attached hydrogens (primary N) is 1. The lowest BCUT2D eigenvalue weighted by Crippen LogP contribution is -2.18. The van der Waals surface area contributed by atoms with Crippen molar-refractivity contribution in [1.82, 2.24) is 9.97 Å². The van der Waals surface area contributed by atoms with Crippen LogP contribution in [0.5, 0.6) is 0 Å². The van der Waals surface area contributed by atoms with Crippen LogP contribution >= 0.6 is 11.8 Å². The average molecular weight is 281 g/mol. The standard InChI is InChI=1S/C13H23N5S/c1-8(2)11-16-12(9(3)13(17-11)18-14)15-6-10-4-5-19-7-10/h8,10H,4-7,14H2,1-3H3,(H2,15,16,17,18). The van der Waals surface area contributed by atoms with Crippen LogP contribution in [0, 0.1) is 12.8 Å². The molecule has 5 nitrogen and oxygen atoms in total. The first kappa shape index (κ1) is 14.4. The number of rotatable bonds is 5. The van der Waals surface area contributed by atoms with Crippen LogP contribution in [-0.4, -0.2) is 28.0 Å². The van der Waals surface area contributed by atoms with Crippen molar-refractivity contribution in [2.45, 2.75) is 33.1 Å². The van der Waals surface area contributed by atoms with E-state index in [0.29, 0.717) is 5.82 Å². The summed E-state index contributed by atoms with van der Waals surface area (Å²) < 4.78 is 0. The van der Waals surface area contributed by atoms with Crippen molar-refractivity contribution in [2.75, 3.05) is 28.8 Å². The minimum Gasteiger partial charge on any atom is -0.369 e. The first-order valence-corrected chi connectivity index (χ1v) is 7.94. The first-order chi connectivity index (χ1) is 9.11. The fraction of sp³-hybridized carbons (Fsp3) is 0.692. The second kappa shape index (κ2) is 6.43. The molecule has 1 aliphatic rings. The van der Waals surface area contributed by atoms with Crippen LogP contribution in [0.3, 0.4) is 0 Å². The highest BCUT2D eigenvalue weighted by molar-refractivity contribution is 7.99. The van der Waals surface area contributed by atoms with Gasteiger partial charge in [-0.1, -0.05) is 13.8 Å². The van der Waals surface area contributed by atoms with E-state index in [9.17, 15) is 0 Å². The summed E-state index contributed by atoms with van der Waals surface area (Å²) in [5.74, 6) is 11.5. The van der Waals surface area contributed by atoms with Gasteiger partial charge in [-0.15, -0.1) is 0 Å². The summed E-state index contributed by atoms with van der Waals surface area (Å²) in [6.45, 7) is 7.14. The highest BCUT2D eigenvalue weighted by atomic mass is 32.2. The molecular formula is C13H23N5S. The molecule has 1 fully saturated rings. The maximum Gasteiger partial charge on any atom is 0.148 e. The Morgan fingerprint density at radius 3 is 2.68 bits per heavy atom. The summed E-state index contributed by atoms with van der Waals surface area (Å²) in [6.07, 6.45) is 1.29. The SMILES string of the molecule is Cc1c(NN)nc(C(C)C)nc1NCC1CCSC1. The Morgan fingerprint density at radius 1 is 1.37 bits per heavy atom. The van der Waals surface area contributed by atoms with Crippen LogP contribution in [0.1, 0.15) is 37.6 Å². The lowest BCUT2D eigenvalue weighted by molar-refractivity contribution is 0.629. The lowest BCUT2D eigenvalue weighted by atomic mass is 10.1. The Kier molecular flexibility index (Phi) is 4.87. The second-order valence-electron chi connectivity index (χ2n) is 5.31. The number of hydrogen-bond acceptors (Lipinski definition) is 6. The largest absolute Gasteiger partial charge is 0.369 e. The smallest absolute Gasteiger partial charge is 0.148 e. The van der Waals surface area contributed by atoms with Gasteiger partial charge >= 0.3 is 0 Å². The molecule has 19 heavy (non-hydrogen) atoms. The molecular weight excluding hydrogens is 258 g/mol. The summed E-state index contributed by atoms with van der Waals surface area (Å²) in [7, 11) is 0. The Bertz CT molecular complexity index is 429. The van der Waals surface area contributed by atoms with E-state index >= 15 is 0 Å². The van der Waals surface area contributed by atoms with Crippen LogP contribution in [0.4, 0.5) is 11.6 Å². The van der Waals surface area contributed by atoms with Gasteiger partial charge in [0, 0.05) is 18.0 Å². The van der Waals surface area contributed by atoms with E-state index in [1.807, 2.05) is 18.7 Å². The fourth-order valence-electron chi connectivity index (χ4n) is 2.09. The zero-order valence-corrected chi connectivity index (χ0v) is 12.7. The van der Waals surface area contributed by atoms with Gasteiger partial charge in [0.05, 0.1) is 0 Å². The fourth-order valence-corrected chi connectivity index (χ4v) is 3.37. The molecule has 1 aromatic heterocycles. The van der Waals surface area contributed by atoms with Crippen molar-refractivity contribution < 1.29 is 0 Å². The Hall–Kier alpha value is -1.01. The maximum absolute atomic E-state index is 5.54. The number of nitrogen functional groups attached to an aromatic ring is 1. The van der Waals surface area contributed by atoms with Crippen molar-refractivity contribution in [3.63, 3.8) is 0 Å². The van der Waals surface area contributed by atoms with Gasteiger partial charge in [0.1, 0.15) is 17.5 Å². The molecule has 6 heteroatoms. The Labute approximate surface area is 119 Å². The van der Waals surface area contributed by atoms with E-state index in [4.69, 9.17) is 5.84 Å². The average Bonchev–Trinajstić information content (AvgIpc) is 2.90. The van der Waals surface area contributed by atoms with Crippen molar-refractivity contribution in [3.8, 4) is 0 Å². The van der Waals surface area contributed by atoms with Crippen molar-refractivity contribution >= 4 is 23.4 Å². The summed E-state index contributed by atoms with van der Waals surface area (Å²) in [4.78, 5) is 9.06. The third-order valence-electron chi connectivity index (χ3n) is 3.40. The number of thioether (sulfide) groups is 1. The van der Waals surface area contributed by atoms with E-state index < -0.39 is 0 Å². The number of nitrogens with one attached hydrogen (secondary N) is 2. The van der Waals surface area contributed by atoms with Crippen molar-refractivity contribution in [1.29, 1.82) is 0 Å². The Balaban J connectivity index is 2.14. The first-order valence-electron chi connectivity index (χ1n) is 6.78. The lowest BCUT2D eigenvalue weighted by Gasteiger charge is -2.16. The van der Waals surface area contributed by atoms with Crippen LogP contribution in [0.15, 0.2) is 0 Å². The predicted octanol–water partition coefficient (Wildman–Crippen LogP) is 2.36. The van der Waals surface area contributed by atoms with Gasteiger partial charge < -0.3 is 10.7 Å². The highest BCUT2D eigenvalue weighted by Gasteiger charge is 2.17. The predicted molar refractivity (Wildman–Crippen MR) is 82.6 cm³/mol. The zero-order chi connectivity index (χ0) is 13.8. The molecule has 1 saturated heterocycles. The normalized spacial score (nSPS) is 18.9. The van der Waals surface area contributed by atoms with Crippen molar-refractivity contribution in [3.05, 3.63) is 11.4 Å².